The minimum absolute atomic E-state index is 0.255. The van der Waals surface area contributed by atoms with E-state index >= 15 is 0 Å². The van der Waals surface area contributed by atoms with Crippen molar-refractivity contribution in [2.75, 3.05) is 13.2 Å². The predicted molar refractivity (Wildman–Crippen MR) is 100 cm³/mol. The number of hydrogen-bond donors (Lipinski definition) is 1. The van der Waals surface area contributed by atoms with Gasteiger partial charge in [0.25, 0.3) is 0 Å². The maximum Gasteiger partial charge on any atom is 0.163 e. The number of aliphatic hydroxyl groups is 1. The molecule has 3 fully saturated rings. The molecule has 2 aliphatic carbocycles. The van der Waals surface area contributed by atoms with Gasteiger partial charge in [0.05, 0.1) is 19.3 Å². The van der Waals surface area contributed by atoms with Crippen LogP contribution >= 0.6 is 21.6 Å². The second kappa shape index (κ2) is 6.93. The van der Waals surface area contributed by atoms with Crippen molar-refractivity contribution >= 4 is 21.6 Å². The largest absolute Gasteiger partial charge is 0.366 e. The molecule has 1 aliphatic heterocycles. The Morgan fingerprint density at radius 1 is 1.12 bits per heavy atom. The lowest BCUT2D eigenvalue weighted by molar-refractivity contribution is -0.176. The minimum atomic E-state index is -1.01. The number of rotatable bonds is 10. The van der Waals surface area contributed by atoms with Crippen molar-refractivity contribution < 1.29 is 19.3 Å². The molecule has 0 aromatic carbocycles. The quantitative estimate of drug-likeness (QED) is 0.344. The molecule has 3 aliphatic rings. The van der Waals surface area contributed by atoms with E-state index in [9.17, 15) is 5.11 Å². The van der Waals surface area contributed by atoms with Gasteiger partial charge in [0.1, 0.15) is 0 Å². The Kier molecular flexibility index (Phi) is 5.58. The van der Waals surface area contributed by atoms with Crippen molar-refractivity contribution in [3.8, 4) is 0 Å². The Labute approximate surface area is 154 Å². The van der Waals surface area contributed by atoms with Crippen molar-refractivity contribution in [1.29, 1.82) is 0 Å². The van der Waals surface area contributed by atoms with Crippen LogP contribution in [0, 0.1) is 0 Å². The van der Waals surface area contributed by atoms with Crippen molar-refractivity contribution in [1.82, 2.24) is 0 Å². The first-order chi connectivity index (χ1) is 11.1. The summed E-state index contributed by atoms with van der Waals surface area (Å²) in [6.07, 6.45) is 8.84. The number of hydrogen-bond acceptors (Lipinski definition) is 6. The molecular weight excluding hydrogens is 344 g/mol. The monoisotopic (exact) mass is 376 g/mol. The van der Waals surface area contributed by atoms with Crippen LogP contribution in [0.25, 0.3) is 0 Å². The average molecular weight is 377 g/mol. The highest BCUT2D eigenvalue weighted by atomic mass is 33.1. The lowest BCUT2D eigenvalue weighted by Gasteiger charge is -2.23. The van der Waals surface area contributed by atoms with Gasteiger partial charge in [0.2, 0.25) is 0 Å². The van der Waals surface area contributed by atoms with Crippen LogP contribution in [0.1, 0.15) is 72.6 Å². The molecule has 1 saturated heterocycles. The second-order valence-electron chi connectivity index (χ2n) is 8.59. The Bertz CT molecular complexity index is 439. The van der Waals surface area contributed by atoms with E-state index in [0.717, 1.165) is 19.4 Å². The first-order valence-electron chi connectivity index (χ1n) is 9.16. The Balaban J connectivity index is 1.36. The van der Waals surface area contributed by atoms with Crippen LogP contribution in [0.3, 0.4) is 0 Å². The van der Waals surface area contributed by atoms with Gasteiger partial charge in [-0.2, -0.15) is 0 Å². The summed E-state index contributed by atoms with van der Waals surface area (Å²) < 4.78 is 18.0. The molecule has 1 N–H and O–H groups in total. The second-order valence-corrected chi connectivity index (χ2v) is 11.7. The molecule has 0 aromatic rings. The Morgan fingerprint density at radius 3 is 2.25 bits per heavy atom. The van der Waals surface area contributed by atoms with Crippen molar-refractivity contribution in [2.24, 2.45) is 0 Å². The van der Waals surface area contributed by atoms with Crippen molar-refractivity contribution in [3.05, 3.63) is 0 Å². The smallest absolute Gasteiger partial charge is 0.163 e. The highest BCUT2D eigenvalue weighted by Gasteiger charge is 2.51. The van der Waals surface area contributed by atoms with E-state index < -0.39 is 11.6 Å². The molecule has 3 rings (SSSR count). The van der Waals surface area contributed by atoms with Gasteiger partial charge in [-0.25, -0.2) is 0 Å². The van der Waals surface area contributed by atoms with Gasteiger partial charge in [0.15, 0.2) is 11.6 Å². The molecule has 6 heteroatoms. The molecule has 0 bridgehead atoms. The SMILES string of the molecule is CC(C)(O)OCCCC1(SSC2(C[C@H]3COC(C)(C)O3)CC2)CC1. The fraction of sp³-hybridized carbons (Fsp3) is 1.00. The maximum atomic E-state index is 9.60. The molecule has 0 unspecified atom stereocenters. The van der Waals surface area contributed by atoms with Gasteiger partial charge in [0, 0.05) is 9.49 Å². The zero-order valence-electron chi connectivity index (χ0n) is 15.4. The van der Waals surface area contributed by atoms with E-state index in [1.807, 2.05) is 13.8 Å². The van der Waals surface area contributed by atoms with Crippen LogP contribution in [-0.2, 0) is 14.2 Å². The van der Waals surface area contributed by atoms with Gasteiger partial charge < -0.3 is 19.3 Å². The molecular formula is C18H32O4S2. The molecule has 1 heterocycles. The molecule has 24 heavy (non-hydrogen) atoms. The molecule has 0 amide bonds. The van der Waals surface area contributed by atoms with Crippen LogP contribution in [0.4, 0.5) is 0 Å². The molecule has 0 aromatic heterocycles. The summed E-state index contributed by atoms with van der Waals surface area (Å²) in [6, 6.07) is 0. The highest BCUT2D eigenvalue weighted by molar-refractivity contribution is 8.77. The number of ether oxygens (including phenoxy) is 3. The molecule has 0 spiro atoms. The first-order valence-corrected chi connectivity index (χ1v) is 11.3. The third-order valence-electron chi connectivity index (χ3n) is 4.91. The molecule has 1 atom stereocenters. The normalized spacial score (nSPS) is 29.6. The lowest BCUT2D eigenvalue weighted by atomic mass is 10.2. The van der Waals surface area contributed by atoms with Gasteiger partial charge in [-0.1, -0.05) is 21.6 Å². The first kappa shape index (κ1) is 19.3. The topological polar surface area (TPSA) is 47.9 Å². The summed E-state index contributed by atoms with van der Waals surface area (Å²) in [4.78, 5) is 0. The standard InChI is InChI=1S/C18H32O4S2/c1-15(2,19)20-11-5-6-17(7-8-17)23-24-18(9-10-18)12-14-13-21-16(3,4)22-14/h14,19H,5-13H2,1-4H3/t14-/m0/s1. The summed E-state index contributed by atoms with van der Waals surface area (Å²) in [7, 11) is 4.20. The Morgan fingerprint density at radius 2 is 1.75 bits per heavy atom. The van der Waals surface area contributed by atoms with E-state index in [-0.39, 0.29) is 6.10 Å². The van der Waals surface area contributed by atoms with Gasteiger partial charge in [-0.3, -0.25) is 0 Å². The predicted octanol–water partition coefficient (Wildman–Crippen LogP) is 4.50. The summed E-state index contributed by atoms with van der Waals surface area (Å²) >= 11 is 0. The average Bonchev–Trinajstić information content (AvgIpc) is 3.35. The van der Waals surface area contributed by atoms with E-state index in [4.69, 9.17) is 14.2 Å². The van der Waals surface area contributed by atoms with E-state index in [2.05, 4.69) is 21.6 Å². The molecule has 0 radical (unpaired) electrons. The fourth-order valence-electron chi connectivity index (χ4n) is 3.15. The highest BCUT2D eigenvalue weighted by Crippen LogP contribution is 2.65. The third-order valence-corrected chi connectivity index (χ3v) is 9.26. The summed E-state index contributed by atoms with van der Waals surface area (Å²) in [5.74, 6) is -1.41. The van der Waals surface area contributed by atoms with Gasteiger partial charge in [-0.15, -0.1) is 0 Å². The van der Waals surface area contributed by atoms with Crippen LogP contribution in [-0.4, -0.2) is 45.5 Å². The van der Waals surface area contributed by atoms with Crippen LogP contribution in [0.15, 0.2) is 0 Å². The van der Waals surface area contributed by atoms with Gasteiger partial charge >= 0.3 is 0 Å². The van der Waals surface area contributed by atoms with Crippen LogP contribution in [0.5, 0.6) is 0 Å². The van der Waals surface area contributed by atoms with Crippen molar-refractivity contribution in [2.45, 2.75) is 99.8 Å². The third kappa shape index (κ3) is 5.78. The molecule has 4 nitrogen and oxygen atoms in total. The van der Waals surface area contributed by atoms with E-state index in [1.54, 1.807) is 13.8 Å². The van der Waals surface area contributed by atoms with Crippen LogP contribution in [0.2, 0.25) is 0 Å². The maximum absolute atomic E-state index is 9.60. The Hall–Kier alpha value is 0.540. The van der Waals surface area contributed by atoms with Crippen molar-refractivity contribution in [3.63, 3.8) is 0 Å². The molecule has 2 saturated carbocycles. The fourth-order valence-corrected chi connectivity index (χ4v) is 7.03. The summed E-state index contributed by atoms with van der Waals surface area (Å²) in [5.41, 5.74) is 0. The van der Waals surface area contributed by atoms with E-state index in [1.165, 1.54) is 32.1 Å². The summed E-state index contributed by atoms with van der Waals surface area (Å²) in [6.45, 7) is 8.77. The summed E-state index contributed by atoms with van der Waals surface area (Å²) in [5, 5.41) is 9.60. The van der Waals surface area contributed by atoms with Crippen LogP contribution < -0.4 is 0 Å². The van der Waals surface area contributed by atoms with E-state index in [0.29, 0.717) is 16.1 Å². The zero-order chi connectivity index (χ0) is 17.5. The minimum Gasteiger partial charge on any atom is -0.366 e. The molecule has 140 valence electrons. The lowest BCUT2D eigenvalue weighted by Crippen LogP contribution is -2.24. The zero-order valence-corrected chi connectivity index (χ0v) is 17.1. The van der Waals surface area contributed by atoms with Gasteiger partial charge in [-0.05, 0) is 72.6 Å².